The van der Waals surface area contributed by atoms with Crippen LogP contribution in [0.1, 0.15) is 32.1 Å². The molecule has 0 radical (unpaired) electrons. The first-order valence-corrected chi connectivity index (χ1v) is 5.44. The molecule has 0 aromatic rings. The zero-order valence-electron chi connectivity index (χ0n) is 8.24. The first kappa shape index (κ1) is 8.49. The van der Waals surface area contributed by atoms with Crippen molar-refractivity contribution in [1.29, 1.82) is 5.26 Å². The molecule has 4 unspecified atom stereocenters. The predicted octanol–water partition coefficient (Wildman–Crippen LogP) is 2.01. The monoisotopic (exact) mass is 189 g/mol. The van der Waals surface area contributed by atoms with Gasteiger partial charge in [-0.2, -0.15) is 5.26 Å². The highest BCUT2D eigenvalue weighted by molar-refractivity contribution is 5.26. The Kier molecular flexibility index (Phi) is 1.46. The minimum atomic E-state index is -0.373. The van der Waals surface area contributed by atoms with E-state index in [9.17, 15) is 5.11 Å². The Balaban J connectivity index is 1.91. The van der Waals surface area contributed by atoms with Crippen LogP contribution in [0.25, 0.3) is 0 Å². The first-order chi connectivity index (χ1) is 6.71. The lowest BCUT2D eigenvalue weighted by atomic mass is 9.68. The molecule has 0 bridgehead atoms. The van der Waals surface area contributed by atoms with Crippen LogP contribution in [-0.4, -0.2) is 11.2 Å². The van der Waals surface area contributed by atoms with Crippen molar-refractivity contribution in [3.63, 3.8) is 0 Å². The summed E-state index contributed by atoms with van der Waals surface area (Å²) in [5, 5.41) is 18.8. The highest BCUT2D eigenvalue weighted by Crippen LogP contribution is 2.76. The summed E-state index contributed by atoms with van der Waals surface area (Å²) in [6, 6.07) is 2.26. The maximum absolute atomic E-state index is 9.85. The van der Waals surface area contributed by atoms with Gasteiger partial charge in [0.05, 0.1) is 18.1 Å². The van der Waals surface area contributed by atoms with E-state index in [1.165, 1.54) is 6.42 Å². The van der Waals surface area contributed by atoms with E-state index in [-0.39, 0.29) is 12.0 Å². The van der Waals surface area contributed by atoms with Gasteiger partial charge < -0.3 is 5.11 Å². The molecule has 0 aromatic carbocycles. The largest absolute Gasteiger partial charge is 0.392 e. The van der Waals surface area contributed by atoms with Gasteiger partial charge in [0.1, 0.15) is 0 Å². The smallest absolute Gasteiger partial charge is 0.0728 e. The molecule has 0 heterocycles. The van der Waals surface area contributed by atoms with Crippen LogP contribution >= 0.6 is 0 Å². The molecule has 74 valence electrons. The molecule has 3 aliphatic rings. The van der Waals surface area contributed by atoms with Gasteiger partial charge in [-0.05, 0) is 42.9 Å². The van der Waals surface area contributed by atoms with Crippen molar-refractivity contribution >= 4 is 0 Å². The minimum absolute atomic E-state index is 0.114. The summed E-state index contributed by atoms with van der Waals surface area (Å²) in [4.78, 5) is 0. The molecule has 1 N–H and O–H groups in total. The van der Waals surface area contributed by atoms with Gasteiger partial charge in [0.2, 0.25) is 0 Å². The van der Waals surface area contributed by atoms with Gasteiger partial charge in [0.15, 0.2) is 0 Å². The molecule has 14 heavy (non-hydrogen) atoms. The van der Waals surface area contributed by atoms with E-state index >= 15 is 0 Å². The van der Waals surface area contributed by atoms with Gasteiger partial charge in [-0.15, -0.1) is 0 Å². The third-order valence-corrected chi connectivity index (χ3v) is 4.70. The summed E-state index contributed by atoms with van der Waals surface area (Å²) in [6.07, 6.45) is 9.43. The molecule has 2 fully saturated rings. The van der Waals surface area contributed by atoms with Crippen molar-refractivity contribution in [1.82, 2.24) is 0 Å². The summed E-state index contributed by atoms with van der Waals surface area (Å²) >= 11 is 0. The van der Waals surface area contributed by atoms with Crippen molar-refractivity contribution in [3.05, 3.63) is 12.2 Å². The SMILES string of the molecule is N#CC1CC23CC=CCC2(CC1O)C3. The fourth-order valence-corrected chi connectivity index (χ4v) is 3.77. The second-order valence-electron chi connectivity index (χ2n) is 5.33. The lowest BCUT2D eigenvalue weighted by molar-refractivity contribution is 0.0365. The quantitative estimate of drug-likeness (QED) is 0.592. The fraction of sp³-hybridized carbons (Fsp3) is 0.750. The highest BCUT2D eigenvalue weighted by atomic mass is 16.3. The van der Waals surface area contributed by atoms with Crippen LogP contribution in [0, 0.1) is 28.1 Å². The maximum atomic E-state index is 9.85. The van der Waals surface area contributed by atoms with Gasteiger partial charge in [0.25, 0.3) is 0 Å². The molecule has 0 aromatic heterocycles. The Labute approximate surface area is 84.2 Å². The van der Waals surface area contributed by atoms with Crippen LogP contribution in [0.3, 0.4) is 0 Å². The molecule has 0 amide bonds. The Hall–Kier alpha value is -0.810. The van der Waals surface area contributed by atoms with Gasteiger partial charge in [-0.3, -0.25) is 0 Å². The topological polar surface area (TPSA) is 44.0 Å². The van der Waals surface area contributed by atoms with Crippen LogP contribution in [0.2, 0.25) is 0 Å². The standard InChI is InChI=1S/C12H15NO/c13-7-9-5-11-3-1-2-4-12(11,8-11)6-10(9)14/h1-2,9-10,14H,3-6,8H2. The fourth-order valence-electron chi connectivity index (χ4n) is 3.77. The molecule has 4 atom stereocenters. The van der Waals surface area contributed by atoms with Gasteiger partial charge in [-0.1, -0.05) is 12.2 Å². The molecule has 2 saturated carbocycles. The molecule has 0 aliphatic heterocycles. The van der Waals surface area contributed by atoms with Gasteiger partial charge in [-0.25, -0.2) is 0 Å². The molecule has 3 aliphatic carbocycles. The summed E-state index contributed by atoms with van der Waals surface area (Å²) in [5.74, 6) is -0.114. The molecule has 2 heteroatoms. The average Bonchev–Trinajstić information content (AvgIpc) is 2.84. The van der Waals surface area contributed by atoms with Gasteiger partial charge in [0, 0.05) is 0 Å². The number of aliphatic hydroxyl groups excluding tert-OH is 1. The van der Waals surface area contributed by atoms with E-state index in [0.717, 1.165) is 25.7 Å². The predicted molar refractivity (Wildman–Crippen MR) is 52.2 cm³/mol. The van der Waals surface area contributed by atoms with E-state index in [4.69, 9.17) is 5.26 Å². The number of allylic oxidation sites excluding steroid dienone is 2. The number of aliphatic hydroxyl groups is 1. The maximum Gasteiger partial charge on any atom is 0.0728 e. The van der Waals surface area contributed by atoms with E-state index in [2.05, 4.69) is 18.2 Å². The van der Waals surface area contributed by atoms with Crippen molar-refractivity contribution < 1.29 is 5.11 Å². The summed E-state index contributed by atoms with van der Waals surface area (Å²) in [6.45, 7) is 0. The van der Waals surface area contributed by atoms with Crippen molar-refractivity contribution in [3.8, 4) is 6.07 Å². The number of nitriles is 1. The number of nitrogens with zero attached hydrogens (tertiary/aromatic N) is 1. The minimum Gasteiger partial charge on any atom is -0.392 e. The Bertz CT molecular complexity index is 343. The van der Waals surface area contributed by atoms with E-state index < -0.39 is 0 Å². The second kappa shape index (κ2) is 2.41. The average molecular weight is 189 g/mol. The normalized spacial score (nSPS) is 54.3. The lowest BCUT2D eigenvalue weighted by Crippen LogP contribution is -2.35. The summed E-state index contributed by atoms with van der Waals surface area (Å²) < 4.78 is 0. The highest BCUT2D eigenvalue weighted by Gasteiger charge is 2.69. The van der Waals surface area contributed by atoms with Crippen molar-refractivity contribution in [2.75, 3.05) is 0 Å². The summed E-state index contributed by atoms with van der Waals surface area (Å²) in [7, 11) is 0. The second-order valence-corrected chi connectivity index (χ2v) is 5.33. The van der Waals surface area contributed by atoms with Crippen LogP contribution in [-0.2, 0) is 0 Å². The zero-order chi connectivity index (χ0) is 9.81. The van der Waals surface area contributed by atoms with Crippen LogP contribution in [0.5, 0.6) is 0 Å². The Morgan fingerprint density at radius 3 is 2.50 bits per heavy atom. The lowest BCUT2D eigenvalue weighted by Gasteiger charge is -2.37. The first-order valence-electron chi connectivity index (χ1n) is 5.44. The molecule has 3 rings (SSSR count). The number of hydrogen-bond acceptors (Lipinski definition) is 2. The molecule has 0 saturated heterocycles. The third-order valence-electron chi connectivity index (χ3n) is 4.70. The number of hydrogen-bond donors (Lipinski definition) is 1. The summed E-state index contributed by atoms with van der Waals surface area (Å²) in [5.41, 5.74) is 0.788. The van der Waals surface area contributed by atoms with E-state index in [1.54, 1.807) is 0 Å². The molecule has 0 spiro atoms. The Morgan fingerprint density at radius 2 is 1.86 bits per heavy atom. The van der Waals surface area contributed by atoms with Crippen molar-refractivity contribution in [2.45, 2.75) is 38.2 Å². The number of rotatable bonds is 0. The van der Waals surface area contributed by atoms with Gasteiger partial charge >= 0.3 is 0 Å². The van der Waals surface area contributed by atoms with E-state index in [0.29, 0.717) is 10.8 Å². The van der Waals surface area contributed by atoms with Crippen LogP contribution in [0.15, 0.2) is 12.2 Å². The zero-order valence-corrected chi connectivity index (χ0v) is 8.24. The molecular formula is C12H15NO. The van der Waals surface area contributed by atoms with Crippen LogP contribution < -0.4 is 0 Å². The third kappa shape index (κ3) is 0.840. The molecule has 2 nitrogen and oxygen atoms in total. The van der Waals surface area contributed by atoms with Crippen LogP contribution in [0.4, 0.5) is 0 Å². The van der Waals surface area contributed by atoms with E-state index in [1.807, 2.05) is 0 Å². The Morgan fingerprint density at radius 1 is 1.21 bits per heavy atom. The molecular weight excluding hydrogens is 174 g/mol. The van der Waals surface area contributed by atoms with Crippen molar-refractivity contribution in [2.24, 2.45) is 16.7 Å².